The van der Waals surface area contributed by atoms with Crippen LogP contribution in [0.3, 0.4) is 0 Å². The Morgan fingerprint density at radius 1 is 1.28 bits per heavy atom. The summed E-state index contributed by atoms with van der Waals surface area (Å²) in [5.41, 5.74) is 0.817. The van der Waals surface area contributed by atoms with Crippen LogP contribution < -0.4 is 0 Å². The van der Waals surface area contributed by atoms with Crippen LogP contribution in [0.25, 0.3) is 0 Å². The molecule has 1 unspecified atom stereocenters. The fourth-order valence-electron chi connectivity index (χ4n) is 1.54. The molecular weight excluding hydrogens is 378 g/mol. The van der Waals surface area contributed by atoms with E-state index in [4.69, 9.17) is 34.8 Å². The van der Waals surface area contributed by atoms with Gasteiger partial charge in [-0.25, -0.2) is 0 Å². The lowest BCUT2D eigenvalue weighted by atomic mass is 10.1. The summed E-state index contributed by atoms with van der Waals surface area (Å²) >= 11 is 22.6. The van der Waals surface area contributed by atoms with E-state index in [0.717, 1.165) is 14.9 Å². The number of aliphatic hydroxyl groups excluding tert-OH is 1. The maximum atomic E-state index is 10.2. The van der Waals surface area contributed by atoms with Gasteiger partial charge in [-0.15, -0.1) is 11.3 Å². The molecule has 0 radical (unpaired) electrons. The van der Waals surface area contributed by atoms with Crippen LogP contribution in [-0.4, -0.2) is 5.11 Å². The smallest absolute Gasteiger partial charge is 0.107 e. The van der Waals surface area contributed by atoms with Crippen molar-refractivity contribution >= 4 is 62.1 Å². The summed E-state index contributed by atoms with van der Waals surface area (Å²) in [6.07, 6.45) is -0.238. The SMILES string of the molecule is OC(Cc1cccc(Cl)c1Cl)c1cc(Br)c(Cl)s1. The Morgan fingerprint density at radius 3 is 2.61 bits per heavy atom. The van der Waals surface area contributed by atoms with E-state index in [0.29, 0.717) is 20.8 Å². The second-order valence-electron chi connectivity index (χ2n) is 3.70. The van der Waals surface area contributed by atoms with E-state index in [9.17, 15) is 5.11 Å². The Bertz CT molecular complexity index is 551. The van der Waals surface area contributed by atoms with Gasteiger partial charge in [-0.05, 0) is 33.6 Å². The van der Waals surface area contributed by atoms with Crippen molar-refractivity contribution in [2.24, 2.45) is 0 Å². The van der Waals surface area contributed by atoms with E-state index in [2.05, 4.69) is 15.9 Å². The summed E-state index contributed by atoms with van der Waals surface area (Å²) in [7, 11) is 0. The van der Waals surface area contributed by atoms with Crippen molar-refractivity contribution in [1.82, 2.24) is 0 Å². The molecule has 2 rings (SSSR count). The highest BCUT2D eigenvalue weighted by molar-refractivity contribution is 9.10. The van der Waals surface area contributed by atoms with Gasteiger partial charge < -0.3 is 5.11 Å². The number of halogens is 4. The van der Waals surface area contributed by atoms with Crippen LogP contribution >= 0.6 is 62.1 Å². The molecule has 0 amide bonds. The summed E-state index contributed by atoms with van der Waals surface area (Å²) in [5, 5.41) is 11.1. The second kappa shape index (κ2) is 6.12. The average Bonchev–Trinajstić information content (AvgIpc) is 2.66. The fraction of sp³-hybridized carbons (Fsp3) is 0.167. The quantitative estimate of drug-likeness (QED) is 0.712. The highest BCUT2D eigenvalue weighted by Gasteiger charge is 2.16. The van der Waals surface area contributed by atoms with Gasteiger partial charge in [-0.1, -0.05) is 46.9 Å². The first-order valence-electron chi connectivity index (χ1n) is 5.04. The van der Waals surface area contributed by atoms with E-state index in [1.54, 1.807) is 6.07 Å². The van der Waals surface area contributed by atoms with Crippen molar-refractivity contribution in [3.05, 3.63) is 53.6 Å². The summed E-state index contributed by atoms with van der Waals surface area (Å²) in [6.45, 7) is 0. The fourth-order valence-corrected chi connectivity index (χ4v) is 3.66. The van der Waals surface area contributed by atoms with Crippen LogP contribution in [0.1, 0.15) is 16.5 Å². The van der Waals surface area contributed by atoms with E-state index in [1.165, 1.54) is 11.3 Å². The van der Waals surface area contributed by atoms with Crippen LogP contribution in [0.4, 0.5) is 0 Å². The molecule has 18 heavy (non-hydrogen) atoms. The van der Waals surface area contributed by atoms with Crippen LogP contribution in [0, 0.1) is 0 Å². The number of thiophene rings is 1. The monoisotopic (exact) mass is 384 g/mol. The summed E-state index contributed by atoms with van der Waals surface area (Å²) < 4.78 is 1.42. The third-order valence-electron chi connectivity index (χ3n) is 2.44. The van der Waals surface area contributed by atoms with Gasteiger partial charge in [0.15, 0.2) is 0 Å². The van der Waals surface area contributed by atoms with Gasteiger partial charge in [0.25, 0.3) is 0 Å². The zero-order valence-electron chi connectivity index (χ0n) is 8.96. The van der Waals surface area contributed by atoms with Crippen LogP contribution in [0.2, 0.25) is 14.4 Å². The molecule has 1 nitrogen and oxygen atoms in total. The summed E-state index contributed by atoms with van der Waals surface area (Å²) in [6, 6.07) is 7.20. The highest BCUT2D eigenvalue weighted by Crippen LogP contribution is 2.37. The van der Waals surface area contributed by atoms with Gasteiger partial charge in [0.1, 0.15) is 4.34 Å². The topological polar surface area (TPSA) is 20.2 Å². The number of hydrogen-bond acceptors (Lipinski definition) is 2. The molecule has 1 N–H and O–H groups in total. The molecule has 0 aliphatic carbocycles. The molecule has 0 aliphatic heterocycles. The minimum absolute atomic E-state index is 0.405. The number of rotatable bonds is 3. The van der Waals surface area contributed by atoms with Gasteiger partial charge in [0, 0.05) is 15.8 Å². The Kier molecular flexibility index (Phi) is 4.98. The predicted octanol–water partition coefficient (Wildman–Crippen LogP) is 5.75. The van der Waals surface area contributed by atoms with E-state index < -0.39 is 6.10 Å². The van der Waals surface area contributed by atoms with E-state index in [-0.39, 0.29) is 0 Å². The molecule has 2 aromatic rings. The summed E-state index contributed by atoms with van der Waals surface area (Å²) in [5.74, 6) is 0. The van der Waals surface area contributed by atoms with Crippen molar-refractivity contribution in [2.45, 2.75) is 12.5 Å². The van der Waals surface area contributed by atoms with E-state index in [1.807, 2.05) is 18.2 Å². The molecule has 0 bridgehead atoms. The minimum Gasteiger partial charge on any atom is -0.387 e. The molecule has 96 valence electrons. The van der Waals surface area contributed by atoms with Gasteiger partial charge in [0.05, 0.1) is 16.1 Å². The highest BCUT2D eigenvalue weighted by atomic mass is 79.9. The van der Waals surface area contributed by atoms with Crippen molar-refractivity contribution in [2.75, 3.05) is 0 Å². The molecule has 6 heteroatoms. The number of benzene rings is 1. The third-order valence-corrected chi connectivity index (χ3v) is 5.87. The Labute approximate surface area is 132 Å². The lowest BCUT2D eigenvalue weighted by Crippen LogP contribution is -2.00. The van der Waals surface area contributed by atoms with Gasteiger partial charge in [0.2, 0.25) is 0 Å². The first kappa shape index (κ1) is 14.6. The third kappa shape index (κ3) is 3.21. The first-order chi connectivity index (χ1) is 8.49. The van der Waals surface area contributed by atoms with Crippen LogP contribution in [0.15, 0.2) is 28.7 Å². The average molecular weight is 387 g/mol. The largest absolute Gasteiger partial charge is 0.387 e. The van der Waals surface area contributed by atoms with Crippen LogP contribution in [0.5, 0.6) is 0 Å². The molecule has 1 atom stereocenters. The zero-order valence-corrected chi connectivity index (χ0v) is 13.6. The van der Waals surface area contributed by atoms with Gasteiger partial charge in [-0.2, -0.15) is 0 Å². The maximum Gasteiger partial charge on any atom is 0.107 e. The van der Waals surface area contributed by atoms with Crippen molar-refractivity contribution < 1.29 is 5.11 Å². The lowest BCUT2D eigenvalue weighted by Gasteiger charge is -2.10. The Hall–Kier alpha value is 0.230. The molecule has 0 spiro atoms. The molecule has 0 saturated carbocycles. The maximum absolute atomic E-state index is 10.2. The van der Waals surface area contributed by atoms with Crippen LogP contribution in [-0.2, 0) is 6.42 Å². The summed E-state index contributed by atoms with van der Waals surface area (Å²) in [4.78, 5) is 0.794. The molecule has 0 fully saturated rings. The Morgan fingerprint density at radius 2 is 2.00 bits per heavy atom. The number of aliphatic hydroxyl groups is 1. The van der Waals surface area contributed by atoms with Crippen molar-refractivity contribution in [3.63, 3.8) is 0 Å². The second-order valence-corrected chi connectivity index (χ2v) is 7.03. The predicted molar refractivity (Wildman–Crippen MR) is 82.2 cm³/mol. The molecule has 1 aromatic carbocycles. The molecule has 0 aliphatic rings. The van der Waals surface area contributed by atoms with Crippen molar-refractivity contribution in [3.8, 4) is 0 Å². The molecule has 0 saturated heterocycles. The molecular formula is C12H8BrCl3OS. The Balaban J connectivity index is 2.21. The molecule has 1 aromatic heterocycles. The lowest BCUT2D eigenvalue weighted by molar-refractivity contribution is 0.182. The minimum atomic E-state index is -0.644. The zero-order chi connectivity index (χ0) is 13.3. The van der Waals surface area contributed by atoms with Gasteiger partial charge >= 0.3 is 0 Å². The first-order valence-corrected chi connectivity index (χ1v) is 7.79. The number of hydrogen-bond donors (Lipinski definition) is 1. The van der Waals surface area contributed by atoms with E-state index >= 15 is 0 Å². The van der Waals surface area contributed by atoms with Gasteiger partial charge in [-0.3, -0.25) is 0 Å². The standard InChI is InChI=1S/C12H8BrCl3OS/c13-7-5-10(18-12(7)16)9(17)4-6-2-1-3-8(14)11(6)15/h1-3,5,9,17H,4H2. The van der Waals surface area contributed by atoms with Crippen molar-refractivity contribution in [1.29, 1.82) is 0 Å². The normalized spacial score (nSPS) is 12.7. The molecule has 1 heterocycles.